The number of halogens is 3. The zero-order chi connectivity index (χ0) is 19.4. The fraction of sp³-hybridized carbons (Fsp3) is 0.533. The molecule has 2 rings (SSSR count). The molecule has 11 heteroatoms. The molecule has 1 fully saturated rings. The Labute approximate surface area is 156 Å². The van der Waals surface area contributed by atoms with Crippen molar-refractivity contribution in [3.63, 3.8) is 0 Å². The monoisotopic (exact) mass is 411 g/mol. The molecule has 1 saturated heterocycles. The molecule has 0 bridgehead atoms. The molecular weight excluding hydrogens is 391 g/mol. The van der Waals surface area contributed by atoms with Gasteiger partial charge in [-0.25, -0.2) is 8.42 Å². The van der Waals surface area contributed by atoms with Gasteiger partial charge in [-0.3, -0.25) is 0 Å². The first kappa shape index (κ1) is 20.9. The first-order valence-electron chi connectivity index (χ1n) is 7.85. The van der Waals surface area contributed by atoms with Gasteiger partial charge < -0.3 is 15.0 Å². The van der Waals surface area contributed by atoms with Gasteiger partial charge in [0.05, 0.1) is 17.1 Å². The summed E-state index contributed by atoms with van der Waals surface area (Å²) in [5.74, 6) is 0. The third kappa shape index (κ3) is 5.06. The summed E-state index contributed by atoms with van der Waals surface area (Å²) >= 11 is 5.24. The molecule has 0 aromatic heterocycles. The Balaban J connectivity index is 2.03. The van der Waals surface area contributed by atoms with Crippen molar-refractivity contribution in [2.75, 3.05) is 46.4 Å². The number of methoxy groups -OCH3 is 1. The van der Waals surface area contributed by atoms with E-state index in [9.17, 15) is 21.6 Å². The highest BCUT2D eigenvalue weighted by Crippen LogP contribution is 2.31. The van der Waals surface area contributed by atoms with Crippen LogP contribution in [0.1, 0.15) is 5.56 Å². The van der Waals surface area contributed by atoms with E-state index in [2.05, 4.69) is 5.32 Å². The van der Waals surface area contributed by atoms with Gasteiger partial charge in [0.2, 0.25) is 10.0 Å². The van der Waals surface area contributed by atoms with E-state index in [1.807, 2.05) is 4.90 Å². The molecule has 6 nitrogen and oxygen atoms in total. The predicted octanol–water partition coefficient (Wildman–Crippen LogP) is 1.53. The van der Waals surface area contributed by atoms with Crippen molar-refractivity contribution in [2.24, 2.45) is 0 Å². The van der Waals surface area contributed by atoms with E-state index in [-0.39, 0.29) is 18.0 Å². The second-order valence-electron chi connectivity index (χ2n) is 5.64. The minimum absolute atomic E-state index is 0.144. The van der Waals surface area contributed by atoms with Crippen LogP contribution in [-0.4, -0.2) is 69.2 Å². The summed E-state index contributed by atoms with van der Waals surface area (Å²) in [4.78, 5) is 1.46. The third-order valence-corrected chi connectivity index (χ3v) is 6.20. The topological polar surface area (TPSA) is 61.9 Å². The summed E-state index contributed by atoms with van der Waals surface area (Å²) < 4.78 is 69.8. The van der Waals surface area contributed by atoms with Gasteiger partial charge in [-0.2, -0.15) is 17.5 Å². The highest BCUT2D eigenvalue weighted by Gasteiger charge is 2.34. The van der Waals surface area contributed by atoms with Crippen molar-refractivity contribution < 1.29 is 26.3 Å². The number of sulfonamides is 1. The number of nitrogens with one attached hydrogen (secondary N) is 1. The van der Waals surface area contributed by atoms with Crippen LogP contribution in [0.5, 0.6) is 0 Å². The Hall–Kier alpha value is -1.43. The zero-order valence-electron chi connectivity index (χ0n) is 14.1. The smallest absolute Gasteiger partial charge is 0.383 e. The maximum absolute atomic E-state index is 12.8. The molecule has 26 heavy (non-hydrogen) atoms. The number of hydrogen-bond acceptors (Lipinski definition) is 4. The SMILES string of the molecule is COCCNC(=S)N1CCN(S(=O)(=O)c2cccc(C(F)(F)F)c2)CC1. The Bertz CT molecular complexity index is 733. The van der Waals surface area contributed by atoms with Crippen LogP contribution in [0, 0.1) is 0 Å². The Kier molecular flexibility index (Phi) is 6.83. The second kappa shape index (κ2) is 8.51. The second-order valence-corrected chi connectivity index (χ2v) is 7.97. The molecule has 0 radical (unpaired) electrons. The average Bonchev–Trinajstić information content (AvgIpc) is 2.61. The van der Waals surface area contributed by atoms with Gasteiger partial charge in [0, 0.05) is 39.8 Å². The van der Waals surface area contributed by atoms with Crippen LogP contribution >= 0.6 is 12.2 Å². The van der Waals surface area contributed by atoms with Crippen LogP contribution in [0.3, 0.4) is 0 Å². The van der Waals surface area contributed by atoms with Crippen molar-refractivity contribution in [3.8, 4) is 0 Å². The van der Waals surface area contributed by atoms with Gasteiger partial charge in [0.25, 0.3) is 0 Å². The molecule has 0 saturated carbocycles. The maximum atomic E-state index is 12.8. The number of piperazine rings is 1. The third-order valence-electron chi connectivity index (χ3n) is 3.91. The molecule has 0 atom stereocenters. The number of alkyl halides is 3. The van der Waals surface area contributed by atoms with E-state index in [0.29, 0.717) is 37.4 Å². The molecule has 0 unspecified atom stereocenters. The molecule has 0 spiro atoms. The quantitative estimate of drug-likeness (QED) is 0.586. The molecule has 0 aliphatic carbocycles. The number of benzene rings is 1. The van der Waals surface area contributed by atoms with Crippen molar-refractivity contribution in [1.29, 1.82) is 0 Å². The van der Waals surface area contributed by atoms with Crippen molar-refractivity contribution in [2.45, 2.75) is 11.1 Å². The number of hydrogen-bond donors (Lipinski definition) is 1. The summed E-state index contributed by atoms with van der Waals surface area (Å²) in [6, 6.07) is 3.79. The van der Waals surface area contributed by atoms with Gasteiger partial charge in [-0.15, -0.1) is 0 Å². The highest BCUT2D eigenvalue weighted by atomic mass is 32.2. The summed E-state index contributed by atoms with van der Waals surface area (Å²) in [6.07, 6.45) is -4.59. The van der Waals surface area contributed by atoms with Crippen LogP contribution in [-0.2, 0) is 20.9 Å². The lowest BCUT2D eigenvalue weighted by molar-refractivity contribution is -0.137. The van der Waals surface area contributed by atoms with Gasteiger partial charge in [0.1, 0.15) is 0 Å². The van der Waals surface area contributed by atoms with Crippen molar-refractivity contribution in [3.05, 3.63) is 29.8 Å². The Morgan fingerprint density at radius 3 is 2.50 bits per heavy atom. The molecule has 1 aromatic rings. The van der Waals surface area contributed by atoms with E-state index in [1.54, 1.807) is 7.11 Å². The lowest BCUT2D eigenvalue weighted by atomic mass is 10.2. The van der Waals surface area contributed by atoms with Crippen LogP contribution in [0.4, 0.5) is 13.2 Å². The summed E-state index contributed by atoms with van der Waals surface area (Å²) in [7, 11) is -2.42. The largest absolute Gasteiger partial charge is 0.416 e. The summed E-state index contributed by atoms with van der Waals surface area (Å²) in [5.41, 5.74) is -0.985. The average molecular weight is 411 g/mol. The van der Waals surface area contributed by atoms with Gasteiger partial charge in [-0.1, -0.05) is 6.07 Å². The van der Waals surface area contributed by atoms with Crippen molar-refractivity contribution in [1.82, 2.24) is 14.5 Å². The molecule has 1 heterocycles. The van der Waals surface area contributed by atoms with Crippen LogP contribution in [0.25, 0.3) is 0 Å². The minimum atomic E-state index is -4.59. The van der Waals surface area contributed by atoms with Gasteiger partial charge in [-0.05, 0) is 30.4 Å². The molecule has 1 aliphatic heterocycles. The molecule has 146 valence electrons. The standard InChI is InChI=1S/C15H20F3N3O3S2/c1-24-10-5-19-14(25)20-6-8-21(9-7-20)26(22,23)13-4-2-3-12(11-13)15(16,17)18/h2-4,11H,5-10H2,1H3,(H,19,25). The van der Waals surface area contributed by atoms with Gasteiger partial charge in [0.15, 0.2) is 5.11 Å². The van der Waals surface area contributed by atoms with Gasteiger partial charge >= 0.3 is 6.18 Å². The van der Waals surface area contributed by atoms with E-state index < -0.39 is 21.8 Å². The highest BCUT2D eigenvalue weighted by molar-refractivity contribution is 7.89. The number of thiocarbonyl (C=S) groups is 1. The van der Waals surface area contributed by atoms with E-state index >= 15 is 0 Å². The van der Waals surface area contributed by atoms with E-state index in [4.69, 9.17) is 17.0 Å². The summed E-state index contributed by atoms with van der Waals surface area (Å²) in [6.45, 7) is 2.03. The molecule has 1 aromatic carbocycles. The normalized spacial score (nSPS) is 16.5. The zero-order valence-corrected chi connectivity index (χ0v) is 15.8. The predicted molar refractivity (Wildman–Crippen MR) is 94.3 cm³/mol. The van der Waals surface area contributed by atoms with Crippen molar-refractivity contribution >= 4 is 27.4 Å². The first-order valence-corrected chi connectivity index (χ1v) is 9.70. The first-order chi connectivity index (χ1) is 12.2. The van der Waals surface area contributed by atoms with Crippen LogP contribution < -0.4 is 5.32 Å². The number of ether oxygens (including phenoxy) is 1. The Morgan fingerprint density at radius 2 is 1.92 bits per heavy atom. The fourth-order valence-electron chi connectivity index (χ4n) is 2.49. The lowest BCUT2D eigenvalue weighted by Gasteiger charge is -2.35. The lowest BCUT2D eigenvalue weighted by Crippen LogP contribution is -2.53. The summed E-state index contributed by atoms with van der Waals surface area (Å²) in [5, 5.41) is 3.50. The minimum Gasteiger partial charge on any atom is -0.383 e. The Morgan fingerprint density at radius 1 is 1.27 bits per heavy atom. The van der Waals surface area contributed by atoms with E-state index in [0.717, 1.165) is 12.1 Å². The molecular formula is C15H20F3N3O3S2. The number of nitrogens with zero attached hydrogens (tertiary/aromatic N) is 2. The number of rotatable bonds is 5. The molecule has 1 N–H and O–H groups in total. The van der Waals surface area contributed by atoms with E-state index in [1.165, 1.54) is 10.4 Å². The molecule has 1 aliphatic rings. The molecule has 0 amide bonds. The van der Waals surface area contributed by atoms with Crippen LogP contribution in [0.2, 0.25) is 0 Å². The van der Waals surface area contributed by atoms with Crippen LogP contribution in [0.15, 0.2) is 29.2 Å². The fourth-order valence-corrected chi connectivity index (χ4v) is 4.24. The maximum Gasteiger partial charge on any atom is 0.416 e.